The first-order valence-electron chi connectivity index (χ1n) is 10.5. The molecule has 0 radical (unpaired) electrons. The number of ether oxygens (including phenoxy) is 1. The zero-order valence-electron chi connectivity index (χ0n) is 18.5. The lowest BCUT2D eigenvalue weighted by molar-refractivity contribution is -0.0946. The van der Waals surface area contributed by atoms with Gasteiger partial charge in [0.2, 0.25) is 0 Å². The van der Waals surface area contributed by atoms with Gasteiger partial charge in [-0.15, -0.1) is 24.0 Å². The second-order valence-electron chi connectivity index (χ2n) is 8.81. The largest absolute Gasteiger partial charge is 0.373 e. The maximum absolute atomic E-state index is 5.89. The van der Waals surface area contributed by atoms with Gasteiger partial charge in [0.1, 0.15) is 0 Å². The summed E-state index contributed by atoms with van der Waals surface area (Å²) in [6.45, 7) is 13.8. The van der Waals surface area contributed by atoms with Crippen molar-refractivity contribution in [3.05, 3.63) is 30.3 Å². The minimum Gasteiger partial charge on any atom is -0.373 e. The average Bonchev–Trinajstić information content (AvgIpc) is 3.13. The molecule has 164 valence electrons. The van der Waals surface area contributed by atoms with Gasteiger partial charge in [-0.05, 0) is 46.2 Å². The van der Waals surface area contributed by atoms with Crippen LogP contribution in [0.25, 0.3) is 0 Å². The summed E-state index contributed by atoms with van der Waals surface area (Å²) < 4.78 is 5.89. The molecule has 2 N–H and O–H groups in total. The summed E-state index contributed by atoms with van der Waals surface area (Å²) in [5.41, 5.74) is 1.33. The van der Waals surface area contributed by atoms with Gasteiger partial charge >= 0.3 is 0 Å². The van der Waals surface area contributed by atoms with Crippen LogP contribution in [0.1, 0.15) is 34.1 Å². The fourth-order valence-electron chi connectivity index (χ4n) is 4.22. The molecular weight excluding hydrogens is 477 g/mol. The Kier molecular flexibility index (Phi) is 9.03. The van der Waals surface area contributed by atoms with Gasteiger partial charge in [0.25, 0.3) is 0 Å². The molecule has 0 amide bonds. The Balaban J connectivity index is 0.00000300. The summed E-state index contributed by atoms with van der Waals surface area (Å²) in [7, 11) is 1.85. The van der Waals surface area contributed by atoms with E-state index in [9.17, 15) is 0 Å². The number of halogens is 1. The number of benzene rings is 1. The van der Waals surface area contributed by atoms with Gasteiger partial charge in [-0.1, -0.05) is 18.2 Å². The van der Waals surface area contributed by atoms with Gasteiger partial charge in [-0.25, -0.2) is 0 Å². The van der Waals surface area contributed by atoms with Gasteiger partial charge in [-0.3, -0.25) is 9.89 Å². The van der Waals surface area contributed by atoms with Crippen molar-refractivity contribution in [2.45, 2.75) is 57.9 Å². The number of hydrogen-bond donors (Lipinski definition) is 2. The summed E-state index contributed by atoms with van der Waals surface area (Å²) >= 11 is 0. The molecule has 0 bridgehead atoms. The molecule has 3 rings (SSSR count). The predicted molar refractivity (Wildman–Crippen MR) is 133 cm³/mol. The van der Waals surface area contributed by atoms with Crippen molar-refractivity contribution in [1.82, 2.24) is 15.5 Å². The van der Waals surface area contributed by atoms with Gasteiger partial charge in [0.15, 0.2) is 5.96 Å². The van der Waals surface area contributed by atoms with Crippen molar-refractivity contribution in [1.29, 1.82) is 0 Å². The molecule has 2 heterocycles. The molecule has 0 saturated carbocycles. The van der Waals surface area contributed by atoms with E-state index in [1.54, 1.807) is 0 Å². The SMILES string of the molecule is CN=C(NCC(C)(C)N1CC(C)OC(C)C1)NC1CCN(c2ccccc2)C1.I. The Labute approximate surface area is 193 Å². The van der Waals surface area contributed by atoms with Crippen LogP contribution in [0.2, 0.25) is 0 Å². The van der Waals surface area contributed by atoms with Crippen LogP contribution in [0.15, 0.2) is 35.3 Å². The van der Waals surface area contributed by atoms with E-state index in [-0.39, 0.29) is 41.7 Å². The van der Waals surface area contributed by atoms with E-state index in [0.29, 0.717) is 6.04 Å². The molecule has 3 atom stereocenters. The van der Waals surface area contributed by atoms with Gasteiger partial charge in [0.05, 0.1) is 12.2 Å². The van der Waals surface area contributed by atoms with E-state index in [2.05, 4.69) is 83.5 Å². The molecular formula is C22H38IN5O. The summed E-state index contributed by atoms with van der Waals surface area (Å²) in [6.07, 6.45) is 1.68. The number of rotatable bonds is 5. The molecule has 1 aromatic carbocycles. The van der Waals surface area contributed by atoms with Crippen molar-refractivity contribution in [2.24, 2.45) is 4.99 Å². The van der Waals surface area contributed by atoms with E-state index in [1.165, 1.54) is 5.69 Å². The summed E-state index contributed by atoms with van der Waals surface area (Å²) in [5, 5.41) is 7.17. The monoisotopic (exact) mass is 515 g/mol. The first-order valence-corrected chi connectivity index (χ1v) is 10.5. The second-order valence-corrected chi connectivity index (χ2v) is 8.81. The molecule has 7 heteroatoms. The van der Waals surface area contributed by atoms with Crippen LogP contribution in [-0.2, 0) is 4.74 Å². The van der Waals surface area contributed by atoms with Gasteiger partial charge < -0.3 is 20.3 Å². The summed E-state index contributed by atoms with van der Waals surface area (Å²) in [4.78, 5) is 9.42. The van der Waals surface area contributed by atoms with Gasteiger partial charge in [-0.2, -0.15) is 0 Å². The molecule has 1 aromatic rings. The highest BCUT2D eigenvalue weighted by Gasteiger charge is 2.33. The van der Waals surface area contributed by atoms with Crippen LogP contribution in [-0.4, -0.2) is 74.4 Å². The summed E-state index contributed by atoms with van der Waals surface area (Å²) in [6, 6.07) is 11.1. The second kappa shape index (κ2) is 10.8. The highest BCUT2D eigenvalue weighted by molar-refractivity contribution is 14.0. The molecule has 0 aliphatic carbocycles. The molecule has 2 aliphatic rings. The number of morpholine rings is 1. The predicted octanol–water partition coefficient (Wildman–Crippen LogP) is 2.94. The standard InChI is InChI=1S/C22H37N5O.HI/c1-17-13-27(14-18(2)28-17)22(3,4)16-24-21(23-5)25-19-11-12-26(15-19)20-9-7-6-8-10-20;/h6-10,17-19H,11-16H2,1-5H3,(H2,23,24,25);1H. The first-order chi connectivity index (χ1) is 13.4. The number of aliphatic imine (C=N–C) groups is 1. The Hall–Kier alpha value is -1.06. The highest BCUT2D eigenvalue weighted by atomic mass is 127. The van der Waals surface area contributed by atoms with Crippen LogP contribution >= 0.6 is 24.0 Å². The van der Waals surface area contributed by atoms with Gasteiger partial charge in [0, 0.05) is 57.0 Å². The quantitative estimate of drug-likeness (QED) is 0.359. The lowest BCUT2D eigenvalue weighted by atomic mass is 10.00. The Morgan fingerprint density at radius 1 is 1.14 bits per heavy atom. The first kappa shape index (κ1) is 24.2. The van der Waals surface area contributed by atoms with Crippen molar-refractivity contribution < 1.29 is 4.74 Å². The molecule has 29 heavy (non-hydrogen) atoms. The fourth-order valence-corrected chi connectivity index (χ4v) is 4.22. The van der Waals surface area contributed by atoms with E-state index >= 15 is 0 Å². The number of hydrogen-bond acceptors (Lipinski definition) is 4. The topological polar surface area (TPSA) is 52.1 Å². The van der Waals surface area contributed by atoms with E-state index in [4.69, 9.17) is 4.74 Å². The third-order valence-electron chi connectivity index (χ3n) is 5.84. The molecule has 0 spiro atoms. The third kappa shape index (κ3) is 6.72. The molecule has 0 aromatic heterocycles. The number of nitrogens with one attached hydrogen (secondary N) is 2. The van der Waals surface area contributed by atoms with Crippen molar-refractivity contribution in [3.8, 4) is 0 Å². The number of guanidine groups is 1. The normalized spacial score (nSPS) is 26.2. The number of anilines is 1. The van der Waals surface area contributed by atoms with Crippen molar-refractivity contribution in [2.75, 3.05) is 44.7 Å². The van der Waals surface area contributed by atoms with E-state index < -0.39 is 0 Å². The van der Waals surface area contributed by atoms with E-state index in [1.807, 2.05) is 7.05 Å². The highest BCUT2D eigenvalue weighted by Crippen LogP contribution is 2.21. The zero-order valence-corrected chi connectivity index (χ0v) is 20.8. The minimum absolute atomic E-state index is 0. The maximum atomic E-state index is 5.89. The fraction of sp³-hybridized carbons (Fsp3) is 0.682. The molecule has 2 aliphatic heterocycles. The minimum atomic E-state index is 0. The number of nitrogens with zero attached hydrogens (tertiary/aromatic N) is 3. The molecule has 2 fully saturated rings. The smallest absolute Gasteiger partial charge is 0.191 e. The summed E-state index contributed by atoms with van der Waals surface area (Å²) in [5.74, 6) is 0.891. The van der Waals surface area contributed by atoms with Crippen LogP contribution in [0, 0.1) is 0 Å². The van der Waals surface area contributed by atoms with Crippen molar-refractivity contribution >= 4 is 35.6 Å². The molecule has 6 nitrogen and oxygen atoms in total. The van der Waals surface area contributed by atoms with Crippen LogP contribution in [0.5, 0.6) is 0 Å². The van der Waals surface area contributed by atoms with Crippen molar-refractivity contribution in [3.63, 3.8) is 0 Å². The zero-order chi connectivity index (χ0) is 20.1. The Morgan fingerprint density at radius 2 is 1.79 bits per heavy atom. The Bertz CT molecular complexity index is 644. The average molecular weight is 515 g/mol. The van der Waals surface area contributed by atoms with Crippen LogP contribution in [0.3, 0.4) is 0 Å². The molecule has 2 saturated heterocycles. The maximum Gasteiger partial charge on any atom is 0.191 e. The van der Waals surface area contributed by atoms with Crippen LogP contribution in [0.4, 0.5) is 5.69 Å². The Morgan fingerprint density at radius 3 is 2.41 bits per heavy atom. The lowest BCUT2D eigenvalue weighted by Crippen LogP contribution is -2.59. The molecule has 3 unspecified atom stereocenters. The third-order valence-corrected chi connectivity index (χ3v) is 5.84. The lowest BCUT2D eigenvalue weighted by Gasteiger charge is -2.45. The van der Waals surface area contributed by atoms with Crippen LogP contribution < -0.4 is 15.5 Å². The van der Waals surface area contributed by atoms with E-state index in [0.717, 1.165) is 45.1 Å². The number of para-hydroxylation sites is 1.